The molecule has 0 aromatic heterocycles. The van der Waals surface area contributed by atoms with Crippen LogP contribution in [0.1, 0.15) is 5.56 Å². The number of ether oxygens (including phenoxy) is 2. The van der Waals surface area contributed by atoms with Crippen molar-refractivity contribution in [3.63, 3.8) is 0 Å². The lowest BCUT2D eigenvalue weighted by atomic mass is 10.1. The Balaban J connectivity index is 3.32. The number of phenolic OH excluding ortho intramolecular Hbond substituents is 1. The molecule has 15 heavy (non-hydrogen) atoms. The van der Waals surface area contributed by atoms with E-state index in [1.807, 2.05) is 0 Å². The summed E-state index contributed by atoms with van der Waals surface area (Å²) >= 11 is 6.02. The van der Waals surface area contributed by atoms with Gasteiger partial charge in [0, 0.05) is 11.6 Å². The molecular formula is C10H14ClNO3. The summed E-state index contributed by atoms with van der Waals surface area (Å²) in [5.41, 5.74) is 6.04. The van der Waals surface area contributed by atoms with Gasteiger partial charge in [0.25, 0.3) is 0 Å². The number of aromatic hydroxyl groups is 1. The Kier molecular flexibility index (Phi) is 4.05. The molecule has 0 heterocycles. The van der Waals surface area contributed by atoms with Crippen molar-refractivity contribution < 1.29 is 14.6 Å². The number of hydrogen-bond acceptors (Lipinski definition) is 4. The fraction of sp³-hybridized carbons (Fsp3) is 0.400. The Morgan fingerprint density at radius 1 is 1.40 bits per heavy atom. The van der Waals surface area contributed by atoms with Crippen LogP contribution >= 0.6 is 11.6 Å². The molecular weight excluding hydrogens is 218 g/mol. The molecule has 0 bridgehead atoms. The lowest BCUT2D eigenvalue weighted by Crippen LogP contribution is -2.05. The summed E-state index contributed by atoms with van der Waals surface area (Å²) in [5, 5.41) is 10.1. The van der Waals surface area contributed by atoms with E-state index in [1.165, 1.54) is 20.3 Å². The predicted molar refractivity (Wildman–Crippen MR) is 59.0 cm³/mol. The number of methoxy groups -OCH3 is 2. The summed E-state index contributed by atoms with van der Waals surface area (Å²) in [5.74, 6) is 0.879. The van der Waals surface area contributed by atoms with Crippen LogP contribution < -0.4 is 15.2 Å². The molecule has 0 amide bonds. The third kappa shape index (κ3) is 2.27. The van der Waals surface area contributed by atoms with E-state index in [2.05, 4.69) is 0 Å². The molecule has 0 saturated carbocycles. The zero-order valence-corrected chi connectivity index (χ0v) is 9.47. The van der Waals surface area contributed by atoms with Gasteiger partial charge >= 0.3 is 0 Å². The van der Waals surface area contributed by atoms with Gasteiger partial charge in [0.15, 0.2) is 0 Å². The van der Waals surface area contributed by atoms with Crippen LogP contribution in [0, 0.1) is 0 Å². The highest BCUT2D eigenvalue weighted by atomic mass is 35.5. The van der Waals surface area contributed by atoms with E-state index in [0.717, 1.165) is 0 Å². The molecule has 0 saturated heterocycles. The summed E-state index contributed by atoms with van der Waals surface area (Å²) in [6.45, 7) is 0.409. The molecule has 0 radical (unpaired) electrons. The van der Waals surface area contributed by atoms with Gasteiger partial charge in [0.2, 0.25) is 0 Å². The second-order valence-electron chi connectivity index (χ2n) is 2.96. The van der Waals surface area contributed by atoms with Crippen LogP contribution in [0.5, 0.6) is 17.2 Å². The number of benzene rings is 1. The smallest absolute Gasteiger partial charge is 0.148 e. The molecule has 0 fully saturated rings. The maximum atomic E-state index is 9.72. The number of nitrogens with two attached hydrogens (primary N) is 1. The molecule has 1 aromatic carbocycles. The Labute approximate surface area is 93.6 Å². The zero-order chi connectivity index (χ0) is 11.4. The number of hydrogen-bond donors (Lipinski definition) is 2. The molecule has 1 rings (SSSR count). The van der Waals surface area contributed by atoms with E-state index in [0.29, 0.717) is 35.1 Å². The second-order valence-corrected chi connectivity index (χ2v) is 3.34. The Bertz CT molecular complexity index is 355. The monoisotopic (exact) mass is 231 g/mol. The SMILES string of the molecule is COc1cc(O)c(CCN)c(OC)c1Cl. The quantitative estimate of drug-likeness (QED) is 0.826. The molecule has 1 aromatic rings. The van der Waals surface area contributed by atoms with Crippen molar-refractivity contribution in [1.29, 1.82) is 0 Å². The first-order chi connectivity index (χ1) is 7.15. The molecule has 3 N–H and O–H groups in total. The average molecular weight is 232 g/mol. The van der Waals surface area contributed by atoms with E-state index >= 15 is 0 Å². The Morgan fingerprint density at radius 3 is 2.53 bits per heavy atom. The summed E-state index contributed by atoms with van der Waals surface area (Å²) in [7, 11) is 2.96. The minimum Gasteiger partial charge on any atom is -0.507 e. The van der Waals surface area contributed by atoms with Crippen molar-refractivity contribution in [2.24, 2.45) is 5.73 Å². The van der Waals surface area contributed by atoms with Gasteiger partial charge in [-0.15, -0.1) is 0 Å². The Morgan fingerprint density at radius 2 is 2.07 bits per heavy atom. The minimum absolute atomic E-state index is 0.0820. The lowest BCUT2D eigenvalue weighted by molar-refractivity contribution is 0.380. The van der Waals surface area contributed by atoms with Gasteiger partial charge < -0.3 is 20.3 Å². The minimum atomic E-state index is 0.0820. The van der Waals surface area contributed by atoms with Crippen molar-refractivity contribution >= 4 is 11.6 Å². The van der Waals surface area contributed by atoms with Crippen LogP contribution in [0.4, 0.5) is 0 Å². The highest BCUT2D eigenvalue weighted by Gasteiger charge is 2.17. The third-order valence-corrected chi connectivity index (χ3v) is 2.44. The fourth-order valence-electron chi connectivity index (χ4n) is 1.38. The van der Waals surface area contributed by atoms with Gasteiger partial charge in [-0.1, -0.05) is 11.6 Å². The number of phenols is 1. The van der Waals surface area contributed by atoms with Crippen molar-refractivity contribution in [1.82, 2.24) is 0 Å². The molecule has 4 nitrogen and oxygen atoms in total. The van der Waals surface area contributed by atoms with E-state index in [9.17, 15) is 5.11 Å². The predicted octanol–water partition coefficient (Wildman–Crippen LogP) is 1.56. The van der Waals surface area contributed by atoms with Crippen LogP contribution in [0.2, 0.25) is 5.02 Å². The van der Waals surface area contributed by atoms with Crippen LogP contribution in [-0.2, 0) is 6.42 Å². The molecule has 84 valence electrons. The lowest BCUT2D eigenvalue weighted by Gasteiger charge is -2.14. The molecule has 0 aliphatic carbocycles. The topological polar surface area (TPSA) is 64.7 Å². The first kappa shape index (κ1) is 11.9. The Hall–Kier alpha value is -1.13. The largest absolute Gasteiger partial charge is 0.507 e. The molecule has 0 aliphatic rings. The van der Waals surface area contributed by atoms with Crippen LogP contribution in [0.3, 0.4) is 0 Å². The van der Waals surface area contributed by atoms with Crippen LogP contribution in [0.25, 0.3) is 0 Å². The van der Waals surface area contributed by atoms with Crippen molar-refractivity contribution in [3.05, 3.63) is 16.7 Å². The van der Waals surface area contributed by atoms with Gasteiger partial charge in [-0.05, 0) is 13.0 Å². The zero-order valence-electron chi connectivity index (χ0n) is 8.71. The molecule has 5 heteroatoms. The summed E-state index contributed by atoms with van der Waals surface area (Å²) in [6.07, 6.45) is 0.499. The molecule has 0 atom stereocenters. The average Bonchev–Trinajstić information content (AvgIpc) is 2.23. The third-order valence-electron chi connectivity index (χ3n) is 2.09. The molecule has 0 spiro atoms. The van der Waals surface area contributed by atoms with Gasteiger partial charge in [-0.2, -0.15) is 0 Å². The number of rotatable bonds is 4. The van der Waals surface area contributed by atoms with Crippen LogP contribution in [0.15, 0.2) is 6.07 Å². The second kappa shape index (κ2) is 5.09. The van der Waals surface area contributed by atoms with Crippen molar-refractivity contribution in [2.45, 2.75) is 6.42 Å². The van der Waals surface area contributed by atoms with Crippen molar-refractivity contribution in [3.8, 4) is 17.2 Å². The maximum Gasteiger partial charge on any atom is 0.148 e. The molecule has 0 unspecified atom stereocenters. The van der Waals surface area contributed by atoms with Gasteiger partial charge in [-0.25, -0.2) is 0 Å². The highest BCUT2D eigenvalue weighted by Crippen LogP contribution is 2.42. The van der Waals surface area contributed by atoms with Gasteiger partial charge in [0.05, 0.1) is 14.2 Å². The van der Waals surface area contributed by atoms with E-state index in [4.69, 9.17) is 26.8 Å². The van der Waals surface area contributed by atoms with E-state index < -0.39 is 0 Å². The highest BCUT2D eigenvalue weighted by molar-refractivity contribution is 6.33. The van der Waals surface area contributed by atoms with E-state index in [-0.39, 0.29) is 5.75 Å². The fourth-order valence-corrected chi connectivity index (χ4v) is 1.71. The van der Waals surface area contributed by atoms with Gasteiger partial charge in [0.1, 0.15) is 22.3 Å². The normalized spacial score (nSPS) is 10.1. The summed E-state index contributed by atoms with van der Waals surface area (Å²) in [4.78, 5) is 0. The van der Waals surface area contributed by atoms with Crippen molar-refractivity contribution in [2.75, 3.05) is 20.8 Å². The molecule has 0 aliphatic heterocycles. The summed E-state index contributed by atoms with van der Waals surface area (Å²) < 4.78 is 10.1. The van der Waals surface area contributed by atoms with Crippen LogP contribution in [-0.4, -0.2) is 25.9 Å². The number of halogens is 1. The summed E-state index contributed by atoms with van der Waals surface area (Å²) in [6, 6.07) is 1.45. The first-order valence-corrected chi connectivity index (χ1v) is 4.85. The van der Waals surface area contributed by atoms with Gasteiger partial charge in [-0.3, -0.25) is 0 Å². The standard InChI is InChI=1S/C10H14ClNO3/c1-14-8-5-7(13)6(3-4-12)10(15-2)9(8)11/h5,13H,3-4,12H2,1-2H3. The maximum absolute atomic E-state index is 9.72. The first-order valence-electron chi connectivity index (χ1n) is 4.48. The van der Waals surface area contributed by atoms with E-state index in [1.54, 1.807) is 0 Å².